The van der Waals surface area contributed by atoms with Gasteiger partial charge in [0.1, 0.15) is 24.3 Å². The number of pyridine rings is 1. The Morgan fingerprint density at radius 1 is 1.03 bits per heavy atom. The first-order valence-electron chi connectivity index (χ1n) is 9.45. The summed E-state index contributed by atoms with van der Waals surface area (Å²) >= 11 is 3.40. The summed E-state index contributed by atoms with van der Waals surface area (Å²) in [4.78, 5) is 13.8. The van der Waals surface area contributed by atoms with Crippen molar-refractivity contribution in [3.63, 3.8) is 0 Å². The number of nitrogens with zero attached hydrogens (tertiary/aromatic N) is 3. The molecule has 0 aliphatic heterocycles. The van der Waals surface area contributed by atoms with E-state index in [1.807, 2.05) is 60.7 Å². The summed E-state index contributed by atoms with van der Waals surface area (Å²) in [6, 6.07) is 18.8. The number of aromatic nitrogens is 2. The van der Waals surface area contributed by atoms with E-state index in [4.69, 9.17) is 19.7 Å². The average Bonchev–Trinajstić information content (AvgIpc) is 3.28. The number of halogens is 1. The smallest absolute Gasteiger partial charge is 0.226 e. The second kappa shape index (κ2) is 9.90. The van der Waals surface area contributed by atoms with Crippen LogP contribution in [0.5, 0.6) is 5.75 Å². The topological polar surface area (TPSA) is 95.8 Å². The summed E-state index contributed by atoms with van der Waals surface area (Å²) in [6.07, 6.45) is 5.04. The third kappa shape index (κ3) is 5.70. The Hall–Kier alpha value is -3.65. The summed E-state index contributed by atoms with van der Waals surface area (Å²) in [5.74, 6) is 1.50. The first kappa shape index (κ1) is 20.6. The maximum Gasteiger partial charge on any atom is 0.226 e. The van der Waals surface area contributed by atoms with Crippen LogP contribution in [0.15, 0.2) is 93.4 Å². The lowest BCUT2D eigenvalue weighted by molar-refractivity contribution is 0.127. The average molecular weight is 479 g/mol. The van der Waals surface area contributed by atoms with Gasteiger partial charge < -0.3 is 19.7 Å². The predicted molar refractivity (Wildman–Crippen MR) is 120 cm³/mol. The van der Waals surface area contributed by atoms with Crippen LogP contribution in [-0.2, 0) is 18.1 Å². The number of amidine groups is 1. The molecule has 0 spiro atoms. The molecule has 0 atom stereocenters. The number of nitrogens with two attached hydrogens (primary N) is 1. The third-order valence-electron chi connectivity index (χ3n) is 4.30. The van der Waals surface area contributed by atoms with Gasteiger partial charge in [0.2, 0.25) is 5.89 Å². The summed E-state index contributed by atoms with van der Waals surface area (Å²) in [6.45, 7) is 0.590. The SMILES string of the molecule is N/C(=N/OCc1coc(-c2ccc(Br)cc2)n1)c1ccc(OCc2cccnc2)cc1. The molecule has 0 aliphatic rings. The van der Waals surface area contributed by atoms with E-state index < -0.39 is 0 Å². The van der Waals surface area contributed by atoms with E-state index >= 15 is 0 Å². The molecule has 0 amide bonds. The van der Waals surface area contributed by atoms with Gasteiger partial charge in [-0.15, -0.1) is 0 Å². The van der Waals surface area contributed by atoms with Gasteiger partial charge >= 0.3 is 0 Å². The third-order valence-corrected chi connectivity index (χ3v) is 4.83. The lowest BCUT2D eigenvalue weighted by Crippen LogP contribution is -2.13. The molecule has 0 fully saturated rings. The quantitative estimate of drug-likeness (QED) is 0.219. The van der Waals surface area contributed by atoms with Crippen LogP contribution in [-0.4, -0.2) is 15.8 Å². The van der Waals surface area contributed by atoms with Crippen LogP contribution < -0.4 is 10.5 Å². The molecule has 2 N–H and O–H groups in total. The molecule has 4 rings (SSSR count). The lowest BCUT2D eigenvalue weighted by atomic mass is 10.2. The first-order chi connectivity index (χ1) is 15.2. The first-order valence-corrected chi connectivity index (χ1v) is 10.2. The van der Waals surface area contributed by atoms with Gasteiger partial charge in [-0.05, 0) is 54.6 Å². The molecule has 8 heteroatoms. The molecule has 0 saturated heterocycles. The summed E-state index contributed by atoms with van der Waals surface area (Å²) < 4.78 is 12.2. The molecule has 0 unspecified atom stereocenters. The summed E-state index contributed by atoms with van der Waals surface area (Å²) in [7, 11) is 0. The van der Waals surface area contributed by atoms with Crippen molar-refractivity contribution in [1.82, 2.24) is 9.97 Å². The lowest BCUT2D eigenvalue weighted by Gasteiger charge is -2.07. The van der Waals surface area contributed by atoms with E-state index in [0.29, 0.717) is 18.2 Å². The number of oxazole rings is 1. The fourth-order valence-electron chi connectivity index (χ4n) is 2.69. The molecule has 0 radical (unpaired) electrons. The van der Waals surface area contributed by atoms with E-state index in [1.54, 1.807) is 12.4 Å². The van der Waals surface area contributed by atoms with Crippen LogP contribution in [0.3, 0.4) is 0 Å². The molecule has 2 aromatic carbocycles. The summed E-state index contributed by atoms with van der Waals surface area (Å²) in [5.41, 5.74) is 9.23. The Balaban J connectivity index is 1.30. The van der Waals surface area contributed by atoms with E-state index in [2.05, 4.69) is 31.1 Å². The highest BCUT2D eigenvalue weighted by molar-refractivity contribution is 9.10. The van der Waals surface area contributed by atoms with Crippen LogP contribution >= 0.6 is 15.9 Å². The van der Waals surface area contributed by atoms with Crippen LogP contribution in [0.4, 0.5) is 0 Å². The highest BCUT2D eigenvalue weighted by Crippen LogP contribution is 2.21. The molecule has 0 aliphatic carbocycles. The predicted octanol–water partition coefficient (Wildman–Crippen LogP) is 4.92. The van der Waals surface area contributed by atoms with Crippen molar-refractivity contribution in [3.05, 3.63) is 101 Å². The number of oxime groups is 1. The standard InChI is InChI=1S/C23H19BrN4O3/c24-19-7-3-18(4-8-19)23-27-20(14-30-23)15-31-28-22(25)17-5-9-21(10-6-17)29-13-16-2-1-11-26-12-16/h1-12,14H,13,15H2,(H2,25,28). The maximum atomic E-state index is 6.01. The van der Waals surface area contributed by atoms with Crippen molar-refractivity contribution in [2.75, 3.05) is 0 Å². The Bertz CT molecular complexity index is 1140. The Morgan fingerprint density at radius 3 is 2.58 bits per heavy atom. The highest BCUT2D eigenvalue weighted by atomic mass is 79.9. The van der Waals surface area contributed by atoms with Crippen LogP contribution in [0.1, 0.15) is 16.8 Å². The van der Waals surface area contributed by atoms with Crippen molar-refractivity contribution in [2.45, 2.75) is 13.2 Å². The Kier molecular flexibility index (Phi) is 6.59. The number of rotatable bonds is 8. The molecule has 31 heavy (non-hydrogen) atoms. The monoisotopic (exact) mass is 478 g/mol. The molecule has 156 valence electrons. The van der Waals surface area contributed by atoms with Crippen molar-refractivity contribution >= 4 is 21.8 Å². The molecule has 0 saturated carbocycles. The van der Waals surface area contributed by atoms with E-state index in [0.717, 1.165) is 26.9 Å². The van der Waals surface area contributed by atoms with E-state index in [-0.39, 0.29) is 12.4 Å². The van der Waals surface area contributed by atoms with Crippen molar-refractivity contribution in [1.29, 1.82) is 0 Å². The highest BCUT2D eigenvalue weighted by Gasteiger charge is 2.07. The fourth-order valence-corrected chi connectivity index (χ4v) is 2.96. The molecular formula is C23H19BrN4O3. The number of hydrogen-bond acceptors (Lipinski definition) is 6. The van der Waals surface area contributed by atoms with Crippen LogP contribution in [0, 0.1) is 0 Å². The van der Waals surface area contributed by atoms with Crippen LogP contribution in [0.2, 0.25) is 0 Å². The second-order valence-corrected chi connectivity index (χ2v) is 7.49. The van der Waals surface area contributed by atoms with Gasteiger partial charge in [-0.25, -0.2) is 4.98 Å². The Labute approximate surface area is 187 Å². The zero-order chi connectivity index (χ0) is 21.5. The normalized spacial score (nSPS) is 11.3. The van der Waals surface area contributed by atoms with E-state index in [9.17, 15) is 0 Å². The van der Waals surface area contributed by atoms with Crippen molar-refractivity contribution in [2.24, 2.45) is 10.9 Å². The van der Waals surface area contributed by atoms with Crippen LogP contribution in [0.25, 0.3) is 11.5 Å². The Morgan fingerprint density at radius 2 is 1.84 bits per heavy atom. The van der Waals surface area contributed by atoms with Gasteiger partial charge in [-0.1, -0.05) is 27.2 Å². The zero-order valence-electron chi connectivity index (χ0n) is 16.4. The number of ether oxygens (including phenoxy) is 1. The zero-order valence-corrected chi connectivity index (χ0v) is 18.0. The minimum Gasteiger partial charge on any atom is -0.489 e. The van der Waals surface area contributed by atoms with Gasteiger partial charge in [0.05, 0.1) is 0 Å². The minimum atomic E-state index is 0.146. The van der Waals surface area contributed by atoms with Crippen molar-refractivity contribution < 1.29 is 14.0 Å². The molecule has 7 nitrogen and oxygen atoms in total. The van der Waals surface area contributed by atoms with Gasteiger partial charge in [0.15, 0.2) is 12.4 Å². The number of benzene rings is 2. The van der Waals surface area contributed by atoms with Crippen molar-refractivity contribution in [3.8, 4) is 17.2 Å². The molecular weight excluding hydrogens is 460 g/mol. The van der Waals surface area contributed by atoms with Gasteiger partial charge in [0.25, 0.3) is 0 Å². The van der Waals surface area contributed by atoms with Gasteiger partial charge in [0, 0.05) is 33.6 Å². The molecule has 2 aromatic heterocycles. The summed E-state index contributed by atoms with van der Waals surface area (Å²) in [5, 5.41) is 3.96. The molecule has 2 heterocycles. The largest absolute Gasteiger partial charge is 0.489 e. The van der Waals surface area contributed by atoms with Gasteiger partial charge in [-0.3, -0.25) is 4.98 Å². The van der Waals surface area contributed by atoms with E-state index in [1.165, 1.54) is 6.26 Å². The van der Waals surface area contributed by atoms with Gasteiger partial charge in [-0.2, -0.15) is 0 Å². The molecule has 0 bridgehead atoms. The minimum absolute atomic E-state index is 0.146. The number of hydrogen-bond donors (Lipinski definition) is 1. The molecule has 4 aromatic rings. The fraction of sp³-hybridized carbons (Fsp3) is 0.0870. The second-order valence-electron chi connectivity index (χ2n) is 6.58. The maximum absolute atomic E-state index is 6.01.